The molecule has 0 saturated carbocycles. The Morgan fingerprint density at radius 2 is 1.94 bits per heavy atom. The summed E-state index contributed by atoms with van der Waals surface area (Å²) >= 11 is 12.7. The van der Waals surface area contributed by atoms with E-state index in [0.29, 0.717) is 24.5 Å². The number of hydrogen-bond acceptors (Lipinski definition) is 5. The zero-order chi connectivity index (χ0) is 22.6. The molecule has 1 atom stereocenters. The number of nitrogens with zero attached hydrogens (tertiary/aromatic N) is 1. The third-order valence-corrected chi connectivity index (χ3v) is 7.58. The highest BCUT2D eigenvalue weighted by Gasteiger charge is 2.36. The molecule has 0 N–H and O–H groups in total. The van der Waals surface area contributed by atoms with E-state index in [4.69, 9.17) is 32.4 Å². The zero-order valence-electron chi connectivity index (χ0n) is 17.7. The predicted octanol–water partition coefficient (Wildman–Crippen LogP) is 5.29. The predicted molar refractivity (Wildman–Crippen MR) is 122 cm³/mol. The van der Waals surface area contributed by atoms with Crippen molar-refractivity contribution in [2.75, 3.05) is 18.1 Å². The third kappa shape index (κ3) is 6.18. The van der Waals surface area contributed by atoms with Crippen LogP contribution in [0.5, 0.6) is 5.75 Å². The number of rotatable bonds is 9. The minimum absolute atomic E-state index is 0.0602. The molecule has 0 unspecified atom stereocenters. The van der Waals surface area contributed by atoms with E-state index in [9.17, 15) is 13.2 Å². The van der Waals surface area contributed by atoms with Crippen LogP contribution < -0.4 is 4.74 Å². The van der Waals surface area contributed by atoms with Gasteiger partial charge in [0.05, 0.1) is 34.7 Å². The van der Waals surface area contributed by atoms with Gasteiger partial charge in [0.1, 0.15) is 11.5 Å². The van der Waals surface area contributed by atoms with Crippen LogP contribution in [0.15, 0.2) is 28.7 Å². The van der Waals surface area contributed by atoms with Gasteiger partial charge in [0.25, 0.3) is 5.91 Å². The smallest absolute Gasteiger partial charge is 0.254 e. The minimum atomic E-state index is -3.18. The largest absolute Gasteiger partial charge is 0.490 e. The van der Waals surface area contributed by atoms with Gasteiger partial charge in [0.2, 0.25) is 0 Å². The Hall–Kier alpha value is -1.70. The van der Waals surface area contributed by atoms with Crippen molar-refractivity contribution in [3.05, 3.63) is 51.4 Å². The second kappa shape index (κ2) is 10.3. The van der Waals surface area contributed by atoms with Crippen molar-refractivity contribution in [2.45, 2.75) is 52.1 Å². The highest BCUT2D eigenvalue weighted by atomic mass is 35.5. The van der Waals surface area contributed by atoms with Gasteiger partial charge < -0.3 is 14.1 Å². The maximum Gasteiger partial charge on any atom is 0.254 e. The minimum Gasteiger partial charge on any atom is -0.490 e. The van der Waals surface area contributed by atoms with Crippen LogP contribution >= 0.6 is 23.2 Å². The fraction of sp³-hybridized carbons (Fsp3) is 0.500. The Labute approximate surface area is 193 Å². The van der Waals surface area contributed by atoms with Crippen LogP contribution in [0, 0.1) is 6.92 Å². The van der Waals surface area contributed by atoms with Crippen molar-refractivity contribution in [3.63, 3.8) is 0 Å². The maximum atomic E-state index is 13.4. The monoisotopic (exact) mass is 487 g/mol. The number of halogens is 2. The average Bonchev–Trinajstić information content (AvgIpc) is 3.28. The molecular formula is C22H27Cl2NO5S. The average molecular weight is 488 g/mol. The highest BCUT2D eigenvalue weighted by Crippen LogP contribution is 2.35. The topological polar surface area (TPSA) is 76.8 Å². The standard InChI is InChI=1S/C22H27Cl2NO5S/c1-3-4-5-9-29-21-19(23)11-16(12-20(21)24)22(26)25(13-18-7-6-15(2)30-18)17-8-10-31(27,28)14-17/h6-7,11-12,17H,3-5,8-10,13-14H2,1-2H3/t17-/m1/s1. The van der Waals surface area contributed by atoms with Crippen molar-refractivity contribution in [2.24, 2.45) is 0 Å². The Bertz CT molecular complexity index is 1010. The van der Waals surface area contributed by atoms with Crippen molar-refractivity contribution in [3.8, 4) is 5.75 Å². The lowest BCUT2D eigenvalue weighted by atomic mass is 10.1. The van der Waals surface area contributed by atoms with E-state index in [0.717, 1.165) is 25.0 Å². The van der Waals surface area contributed by atoms with E-state index in [1.807, 2.05) is 13.0 Å². The van der Waals surface area contributed by atoms with Crippen molar-refractivity contribution >= 4 is 38.9 Å². The number of carbonyl (C=O) groups is 1. The third-order valence-electron chi connectivity index (χ3n) is 5.27. The summed E-state index contributed by atoms with van der Waals surface area (Å²) in [5, 5.41) is 0.500. The molecule has 1 aromatic carbocycles. The van der Waals surface area contributed by atoms with Crippen molar-refractivity contribution in [1.29, 1.82) is 0 Å². The Balaban J connectivity index is 1.84. The summed E-state index contributed by atoms with van der Waals surface area (Å²) in [5.74, 6) is 1.30. The first-order valence-corrected chi connectivity index (χ1v) is 13.0. The number of sulfone groups is 1. The second-order valence-corrected chi connectivity index (χ2v) is 10.9. The molecule has 3 rings (SSSR count). The first-order chi connectivity index (χ1) is 14.7. The lowest BCUT2D eigenvalue weighted by Gasteiger charge is -2.28. The number of amides is 1. The number of furan rings is 1. The Morgan fingerprint density at radius 3 is 2.48 bits per heavy atom. The molecule has 1 amide bonds. The summed E-state index contributed by atoms with van der Waals surface area (Å²) in [7, 11) is -3.18. The van der Waals surface area contributed by atoms with Crippen molar-refractivity contribution in [1.82, 2.24) is 4.90 Å². The molecule has 1 aliphatic rings. The molecule has 2 aromatic rings. The second-order valence-electron chi connectivity index (χ2n) is 7.83. The summed E-state index contributed by atoms with van der Waals surface area (Å²) in [4.78, 5) is 14.9. The lowest BCUT2D eigenvalue weighted by Crippen LogP contribution is -2.40. The van der Waals surface area contributed by atoms with E-state index >= 15 is 0 Å². The number of carbonyl (C=O) groups excluding carboxylic acids is 1. The molecular weight excluding hydrogens is 461 g/mol. The van der Waals surface area contributed by atoms with Crippen LogP contribution in [0.4, 0.5) is 0 Å². The van der Waals surface area contributed by atoms with E-state index in [-0.39, 0.29) is 39.6 Å². The zero-order valence-corrected chi connectivity index (χ0v) is 20.0. The van der Waals surface area contributed by atoms with Gasteiger partial charge in [-0.15, -0.1) is 0 Å². The van der Waals surface area contributed by atoms with Gasteiger partial charge in [-0.1, -0.05) is 43.0 Å². The summed E-state index contributed by atoms with van der Waals surface area (Å²) in [5.41, 5.74) is 0.281. The van der Waals surface area contributed by atoms with Crippen LogP contribution in [0.1, 0.15) is 54.5 Å². The molecule has 1 aliphatic heterocycles. The molecule has 0 radical (unpaired) electrons. The fourth-order valence-corrected chi connectivity index (χ4v) is 5.97. The molecule has 1 fully saturated rings. The van der Waals surface area contributed by atoms with Crippen LogP contribution in [0.3, 0.4) is 0 Å². The van der Waals surface area contributed by atoms with E-state index in [1.54, 1.807) is 6.07 Å². The number of unbranched alkanes of at least 4 members (excludes halogenated alkanes) is 2. The summed E-state index contributed by atoms with van der Waals surface area (Å²) < 4.78 is 35.4. The van der Waals surface area contributed by atoms with Gasteiger partial charge in [-0.3, -0.25) is 4.79 Å². The molecule has 1 saturated heterocycles. The fourth-order valence-electron chi connectivity index (χ4n) is 3.64. The van der Waals surface area contributed by atoms with Crippen molar-refractivity contribution < 1.29 is 22.4 Å². The molecule has 31 heavy (non-hydrogen) atoms. The van der Waals surface area contributed by atoms with Gasteiger partial charge in [-0.05, 0) is 44.0 Å². The molecule has 6 nitrogen and oxygen atoms in total. The van der Waals surface area contributed by atoms with Gasteiger partial charge >= 0.3 is 0 Å². The highest BCUT2D eigenvalue weighted by molar-refractivity contribution is 7.91. The Morgan fingerprint density at radius 1 is 1.23 bits per heavy atom. The lowest BCUT2D eigenvalue weighted by molar-refractivity contribution is 0.0665. The molecule has 1 aromatic heterocycles. The normalized spacial score (nSPS) is 17.6. The van der Waals surface area contributed by atoms with Gasteiger partial charge in [0, 0.05) is 11.6 Å². The number of hydrogen-bond donors (Lipinski definition) is 0. The number of aryl methyl sites for hydroxylation is 1. The van der Waals surface area contributed by atoms with Gasteiger partial charge in [-0.25, -0.2) is 8.42 Å². The van der Waals surface area contributed by atoms with Gasteiger partial charge in [0.15, 0.2) is 15.6 Å². The first-order valence-electron chi connectivity index (χ1n) is 10.4. The summed E-state index contributed by atoms with van der Waals surface area (Å²) in [6.07, 6.45) is 3.38. The van der Waals surface area contributed by atoms with E-state index < -0.39 is 15.9 Å². The van der Waals surface area contributed by atoms with Crippen LogP contribution in [0.2, 0.25) is 10.0 Å². The Kier molecular flexibility index (Phi) is 7.94. The molecule has 170 valence electrons. The molecule has 0 bridgehead atoms. The summed E-state index contributed by atoms with van der Waals surface area (Å²) in [6.45, 7) is 4.57. The van der Waals surface area contributed by atoms with Crippen LogP contribution in [-0.4, -0.2) is 43.4 Å². The molecule has 9 heteroatoms. The molecule has 2 heterocycles. The number of ether oxygens (including phenoxy) is 1. The molecule has 0 spiro atoms. The molecule has 0 aliphatic carbocycles. The quantitative estimate of drug-likeness (QED) is 0.448. The van der Waals surface area contributed by atoms with Gasteiger partial charge in [-0.2, -0.15) is 0 Å². The van der Waals surface area contributed by atoms with Crippen LogP contribution in [-0.2, 0) is 16.4 Å². The van der Waals surface area contributed by atoms with Crippen LogP contribution in [0.25, 0.3) is 0 Å². The SMILES string of the molecule is CCCCCOc1c(Cl)cc(C(=O)N(Cc2ccc(C)o2)[C@@H]2CCS(=O)(=O)C2)cc1Cl. The maximum absolute atomic E-state index is 13.4. The first kappa shape index (κ1) is 24.0. The number of benzene rings is 1. The summed E-state index contributed by atoms with van der Waals surface area (Å²) in [6, 6.07) is 6.20. The van der Waals surface area contributed by atoms with E-state index in [2.05, 4.69) is 6.92 Å². The van der Waals surface area contributed by atoms with E-state index in [1.165, 1.54) is 17.0 Å².